The summed E-state index contributed by atoms with van der Waals surface area (Å²) in [7, 11) is 0. The first-order valence-corrected chi connectivity index (χ1v) is 21.8. The Morgan fingerprint density at radius 2 is 1.62 bits per heavy atom. The number of aromatic nitrogens is 1. The van der Waals surface area contributed by atoms with Crippen molar-refractivity contribution >= 4 is 56.8 Å². The van der Waals surface area contributed by atoms with Crippen molar-refractivity contribution in [3.05, 3.63) is 76.8 Å². The molecule has 0 bridgehead atoms. The van der Waals surface area contributed by atoms with Crippen LogP contribution in [0.3, 0.4) is 0 Å². The number of alkyl carbamates (subject to hydrolysis) is 1. The molecule has 1 aromatic heterocycles. The number of amides is 4. The lowest BCUT2D eigenvalue weighted by Crippen LogP contribution is -2.60. The van der Waals surface area contributed by atoms with Gasteiger partial charge in [-0.05, 0) is 108 Å². The van der Waals surface area contributed by atoms with Gasteiger partial charge in [-0.2, -0.15) is 0 Å². The summed E-state index contributed by atoms with van der Waals surface area (Å²) in [6.07, 6.45) is 4.19. The Morgan fingerprint density at radius 3 is 2.33 bits per heavy atom. The lowest BCUT2D eigenvalue weighted by atomic mass is 10.0. The number of allylic oxidation sites excluding steroid dienone is 1. The van der Waals surface area contributed by atoms with Crippen molar-refractivity contribution in [2.24, 2.45) is 5.92 Å². The molecule has 2 fully saturated rings. The number of carbonyl (C=O) groups is 5. The summed E-state index contributed by atoms with van der Waals surface area (Å²) in [5.41, 5.74) is -2.05. The Kier molecular flexibility index (Phi) is 14.0. The van der Waals surface area contributed by atoms with E-state index in [0.717, 1.165) is 28.7 Å². The van der Waals surface area contributed by atoms with Gasteiger partial charge in [-0.15, -0.1) is 0 Å². The molecule has 4 amide bonds. The first-order valence-electron chi connectivity index (χ1n) is 21.0. The first-order chi connectivity index (χ1) is 28.9. The molecule has 15 heteroatoms. The average molecular weight is 906 g/mol. The van der Waals surface area contributed by atoms with Crippen LogP contribution in [0.2, 0.25) is 0 Å². The van der Waals surface area contributed by atoms with E-state index in [1.807, 2.05) is 66.7 Å². The molecule has 3 aromatic rings. The van der Waals surface area contributed by atoms with Crippen LogP contribution in [0.1, 0.15) is 99.0 Å². The molecule has 1 N–H and O–H groups in total. The van der Waals surface area contributed by atoms with Gasteiger partial charge in [0.25, 0.3) is 5.91 Å². The van der Waals surface area contributed by atoms with Gasteiger partial charge in [0.05, 0.1) is 18.7 Å². The van der Waals surface area contributed by atoms with Crippen LogP contribution in [0.5, 0.6) is 11.6 Å². The number of benzene rings is 2. The molecule has 3 heterocycles. The van der Waals surface area contributed by atoms with Gasteiger partial charge in [0.2, 0.25) is 11.8 Å². The van der Waals surface area contributed by atoms with Gasteiger partial charge in [0.15, 0.2) is 5.54 Å². The molecule has 61 heavy (non-hydrogen) atoms. The Balaban J connectivity index is 1.42. The van der Waals surface area contributed by atoms with Crippen molar-refractivity contribution in [2.75, 3.05) is 13.2 Å². The molecule has 0 radical (unpaired) electrons. The van der Waals surface area contributed by atoms with Gasteiger partial charge in [0, 0.05) is 17.7 Å². The fourth-order valence-electron chi connectivity index (χ4n) is 7.81. The number of esters is 1. The van der Waals surface area contributed by atoms with E-state index in [0.29, 0.717) is 28.6 Å². The molecular formula is C46H57BrN4O10. The number of rotatable bonds is 8. The molecule has 0 unspecified atom stereocenters. The lowest BCUT2D eigenvalue weighted by molar-refractivity contribution is -0.159. The van der Waals surface area contributed by atoms with Crippen molar-refractivity contribution in [1.29, 1.82) is 0 Å². The molecule has 2 aliphatic heterocycles. The van der Waals surface area contributed by atoms with E-state index in [2.05, 4.69) is 21.2 Å². The normalized spacial score (nSPS) is 24.1. The summed E-state index contributed by atoms with van der Waals surface area (Å²) in [5.74, 6) is -2.03. The molecule has 1 saturated heterocycles. The molecule has 0 spiro atoms. The zero-order valence-electron chi connectivity index (χ0n) is 36.0. The summed E-state index contributed by atoms with van der Waals surface area (Å²) >= 11 is 3.69. The monoisotopic (exact) mass is 904 g/mol. The highest BCUT2D eigenvalue weighted by molar-refractivity contribution is 9.10. The summed E-state index contributed by atoms with van der Waals surface area (Å²) in [5, 5.41) is 3.50. The van der Waals surface area contributed by atoms with Gasteiger partial charge in [-0.1, -0.05) is 67.5 Å². The molecule has 1 aliphatic carbocycles. The topological polar surface area (TPSA) is 163 Å². The highest BCUT2D eigenvalue weighted by Crippen LogP contribution is 2.52. The fourth-order valence-corrected chi connectivity index (χ4v) is 8.32. The second kappa shape index (κ2) is 18.8. The minimum Gasteiger partial charge on any atom is -0.487 e. The van der Waals surface area contributed by atoms with Crippen LogP contribution >= 0.6 is 15.9 Å². The van der Waals surface area contributed by atoms with Crippen LogP contribution < -0.4 is 14.8 Å². The second-order valence-electron chi connectivity index (χ2n) is 17.7. The van der Waals surface area contributed by atoms with E-state index in [1.165, 1.54) is 4.90 Å². The Hall–Kier alpha value is -5.18. The highest BCUT2D eigenvalue weighted by Gasteiger charge is 2.69. The van der Waals surface area contributed by atoms with E-state index < -0.39 is 70.8 Å². The first kappa shape index (κ1) is 45.3. The number of hydrogen-bond acceptors (Lipinski definition) is 11. The summed E-state index contributed by atoms with van der Waals surface area (Å²) in [6.45, 7) is 12.0. The maximum Gasteiger partial charge on any atom is 0.418 e. The van der Waals surface area contributed by atoms with E-state index in [9.17, 15) is 19.2 Å². The zero-order chi connectivity index (χ0) is 44.1. The number of para-hydroxylation sites is 1. The molecule has 5 atom stereocenters. The number of carbonyl (C=O) groups excluding carboxylic acids is 5. The van der Waals surface area contributed by atoms with Gasteiger partial charge in [0.1, 0.15) is 46.2 Å². The van der Waals surface area contributed by atoms with Crippen LogP contribution in [0.4, 0.5) is 9.59 Å². The summed E-state index contributed by atoms with van der Waals surface area (Å²) < 4.78 is 30.4. The van der Waals surface area contributed by atoms with Crippen LogP contribution in [0.25, 0.3) is 10.9 Å². The molecule has 3 aliphatic rings. The maximum absolute atomic E-state index is 15.3. The quantitative estimate of drug-likeness (QED) is 0.131. The molecule has 14 nitrogen and oxygen atoms in total. The van der Waals surface area contributed by atoms with Gasteiger partial charge < -0.3 is 33.9 Å². The maximum atomic E-state index is 15.3. The number of pyridine rings is 1. The third kappa shape index (κ3) is 10.8. The molecular weight excluding hydrogens is 848 g/mol. The van der Waals surface area contributed by atoms with Crippen molar-refractivity contribution in [3.8, 4) is 11.6 Å². The van der Waals surface area contributed by atoms with Crippen molar-refractivity contribution < 1.29 is 47.7 Å². The minimum absolute atomic E-state index is 0.0139. The largest absolute Gasteiger partial charge is 0.487 e. The second-order valence-corrected chi connectivity index (χ2v) is 18.5. The zero-order valence-corrected chi connectivity index (χ0v) is 37.6. The van der Waals surface area contributed by atoms with Crippen LogP contribution in [0.15, 0.2) is 71.2 Å². The average Bonchev–Trinajstić information content (AvgIpc) is 3.74. The van der Waals surface area contributed by atoms with Crippen molar-refractivity contribution in [2.45, 2.75) is 135 Å². The lowest BCUT2D eigenvalue weighted by Gasteiger charge is -2.35. The summed E-state index contributed by atoms with van der Waals surface area (Å²) in [6, 6.07) is 14.7. The Morgan fingerprint density at radius 1 is 0.918 bits per heavy atom. The molecule has 2 aromatic carbocycles. The summed E-state index contributed by atoms with van der Waals surface area (Å²) in [4.78, 5) is 78.8. The SMILES string of the molecule is CCOC(=O)[C@@]12C[C@H]1/C=C\CCCCC[C@H](NC(=O)OC(C)(C)C)C(=O)N1C[C@H](Oc3nc4ccccc4c(OCc4ccccc4)c3Br)C[C@H]1C(=O)N2C(=O)OC(C)(C)C. The van der Waals surface area contributed by atoms with Crippen molar-refractivity contribution in [3.63, 3.8) is 0 Å². The third-order valence-electron chi connectivity index (χ3n) is 10.6. The van der Waals surface area contributed by atoms with Gasteiger partial charge >= 0.3 is 18.2 Å². The van der Waals surface area contributed by atoms with E-state index >= 15 is 4.79 Å². The van der Waals surface area contributed by atoms with Gasteiger partial charge in [-0.25, -0.2) is 24.3 Å². The van der Waals surface area contributed by atoms with Gasteiger partial charge in [-0.3, -0.25) is 9.59 Å². The standard InChI is InChI=1S/C46H57BrN4O10/c1-8-57-41(54)46-26-30(46)21-15-10-9-11-16-24-34(49-42(55)60-44(2,3)4)39(52)50-27-31(25-35(50)40(53)51(46)43(56)61-45(5,6)7)59-38-36(47)37(32-22-17-18-23-33(32)48-38)58-28-29-19-13-12-14-20-29/h12-15,17-23,30-31,34-35H,8-11,16,24-28H2,1-7H3,(H,49,55)/b21-15-/t30-,31-,34+,35+,46-/m1/s1. The number of halogens is 1. The van der Waals surface area contributed by atoms with E-state index in [1.54, 1.807) is 48.5 Å². The third-order valence-corrected chi connectivity index (χ3v) is 11.3. The van der Waals surface area contributed by atoms with E-state index in [4.69, 9.17) is 28.7 Å². The molecule has 1 saturated carbocycles. The van der Waals surface area contributed by atoms with Crippen LogP contribution in [-0.4, -0.2) is 92.8 Å². The fraction of sp³-hybridized carbons (Fsp3) is 0.522. The highest BCUT2D eigenvalue weighted by atomic mass is 79.9. The number of nitrogens with one attached hydrogen (secondary N) is 1. The predicted molar refractivity (Wildman–Crippen MR) is 231 cm³/mol. The van der Waals surface area contributed by atoms with Crippen LogP contribution in [-0.2, 0) is 35.2 Å². The van der Waals surface area contributed by atoms with Crippen molar-refractivity contribution in [1.82, 2.24) is 20.1 Å². The number of ether oxygens (including phenoxy) is 5. The number of hydrogen-bond donors (Lipinski definition) is 1. The number of imide groups is 1. The number of nitrogens with zero attached hydrogens (tertiary/aromatic N) is 3. The van der Waals surface area contributed by atoms with Crippen LogP contribution in [0, 0.1) is 5.92 Å². The smallest absolute Gasteiger partial charge is 0.418 e. The predicted octanol–water partition coefficient (Wildman–Crippen LogP) is 8.42. The van der Waals surface area contributed by atoms with E-state index in [-0.39, 0.29) is 44.9 Å². The Labute approximate surface area is 365 Å². The Bertz CT molecular complexity index is 2130. The molecule has 6 rings (SSSR count). The number of fused-ring (bicyclic) bond motifs is 3. The molecule has 328 valence electrons. The minimum atomic E-state index is -1.71.